The molecule has 1 heterocycles. The Kier molecular flexibility index (Phi) is 8.03. The average Bonchev–Trinajstić information content (AvgIpc) is 2.75. The minimum atomic E-state index is -0.307. The molecule has 0 radical (unpaired) electrons. The summed E-state index contributed by atoms with van der Waals surface area (Å²) in [5.74, 6) is 0.762. The zero-order valence-corrected chi connectivity index (χ0v) is 18.6. The summed E-state index contributed by atoms with van der Waals surface area (Å²) in [5.41, 5.74) is 1.72. The molecule has 31 heavy (non-hydrogen) atoms. The van der Waals surface area contributed by atoms with Gasteiger partial charge in [0.25, 0.3) is 11.8 Å². The number of piperazine rings is 1. The molecule has 1 saturated heterocycles. The van der Waals surface area contributed by atoms with E-state index in [-0.39, 0.29) is 23.9 Å². The molecule has 0 aliphatic carbocycles. The highest BCUT2D eigenvalue weighted by atomic mass is 16.5. The van der Waals surface area contributed by atoms with E-state index in [2.05, 4.69) is 10.6 Å². The maximum absolute atomic E-state index is 13.3. The van der Waals surface area contributed by atoms with E-state index in [0.717, 1.165) is 37.4 Å². The predicted molar refractivity (Wildman–Crippen MR) is 120 cm³/mol. The van der Waals surface area contributed by atoms with Crippen LogP contribution in [-0.4, -0.2) is 57.7 Å². The minimum absolute atomic E-state index is 0.0320. The number of ether oxygens (including phenoxy) is 1. The lowest BCUT2D eigenvalue weighted by Gasteiger charge is -2.34. The van der Waals surface area contributed by atoms with Gasteiger partial charge in [0.2, 0.25) is 0 Å². The molecule has 2 amide bonds. The number of methoxy groups -OCH3 is 1. The van der Waals surface area contributed by atoms with E-state index >= 15 is 0 Å². The van der Waals surface area contributed by atoms with Gasteiger partial charge in [0.05, 0.1) is 7.11 Å². The van der Waals surface area contributed by atoms with Crippen molar-refractivity contribution in [3.63, 3.8) is 0 Å². The van der Waals surface area contributed by atoms with Crippen molar-refractivity contribution in [3.05, 3.63) is 60.2 Å². The first kappa shape index (κ1) is 22.8. The number of amides is 2. The summed E-state index contributed by atoms with van der Waals surface area (Å²) in [6.45, 7) is 7.80. The summed E-state index contributed by atoms with van der Waals surface area (Å²) in [6.07, 6.45) is 0. The van der Waals surface area contributed by atoms with Crippen LogP contribution in [-0.2, 0) is 9.59 Å². The first-order chi connectivity index (χ1) is 15.0. The molecular weight excluding hydrogens is 392 g/mol. The van der Waals surface area contributed by atoms with E-state index < -0.39 is 0 Å². The van der Waals surface area contributed by atoms with Gasteiger partial charge in [-0.3, -0.25) is 9.59 Å². The van der Waals surface area contributed by atoms with E-state index in [1.807, 2.05) is 68.4 Å². The molecule has 0 spiro atoms. The highest BCUT2D eigenvalue weighted by molar-refractivity contribution is 5.94. The standard InChI is InChI=1S/C24H32N4O3/c1-18(2)25-22(29)17-27-12-14-28(15-13-27)23(19-8-5-4-6-9-19)24(30)26-20-10-7-11-21(16-20)31-3/h4-11,16,18,23H,12-15,17H2,1-3H3,(H,25,29)(H,26,30)/p+2/t23-/m1/s1. The van der Waals surface area contributed by atoms with Crippen LogP contribution in [0.25, 0.3) is 0 Å². The van der Waals surface area contributed by atoms with Gasteiger partial charge in [0, 0.05) is 23.4 Å². The molecule has 0 aromatic heterocycles. The van der Waals surface area contributed by atoms with Crippen LogP contribution >= 0.6 is 0 Å². The number of benzene rings is 2. The van der Waals surface area contributed by atoms with Gasteiger partial charge >= 0.3 is 0 Å². The van der Waals surface area contributed by atoms with Crippen LogP contribution in [0.2, 0.25) is 0 Å². The smallest absolute Gasteiger partial charge is 0.287 e. The molecule has 7 nitrogen and oxygen atoms in total. The van der Waals surface area contributed by atoms with Gasteiger partial charge in [-0.2, -0.15) is 0 Å². The quantitative estimate of drug-likeness (QED) is 0.468. The van der Waals surface area contributed by atoms with Gasteiger partial charge in [-0.25, -0.2) is 0 Å². The Morgan fingerprint density at radius 1 is 1.00 bits per heavy atom. The second-order valence-electron chi connectivity index (χ2n) is 8.37. The third-order valence-electron chi connectivity index (χ3n) is 5.60. The van der Waals surface area contributed by atoms with E-state index in [1.165, 1.54) is 9.80 Å². The number of rotatable bonds is 8. The zero-order chi connectivity index (χ0) is 22.2. The third-order valence-corrected chi connectivity index (χ3v) is 5.60. The Morgan fingerprint density at radius 2 is 1.71 bits per heavy atom. The lowest BCUT2D eigenvalue weighted by Crippen LogP contribution is -3.28. The second kappa shape index (κ2) is 10.9. The molecular formula is C24H34N4O3+2. The highest BCUT2D eigenvalue weighted by Crippen LogP contribution is 2.19. The minimum Gasteiger partial charge on any atom is -0.497 e. The normalized spacial score (nSPS) is 19.5. The second-order valence-corrected chi connectivity index (χ2v) is 8.37. The maximum Gasteiger partial charge on any atom is 0.287 e. The lowest BCUT2D eigenvalue weighted by molar-refractivity contribution is -1.02. The Hall–Kier alpha value is -2.90. The van der Waals surface area contributed by atoms with Crippen molar-refractivity contribution >= 4 is 17.5 Å². The molecule has 2 aromatic rings. The van der Waals surface area contributed by atoms with Gasteiger partial charge in [-0.05, 0) is 26.0 Å². The number of quaternary nitrogens is 2. The molecule has 1 fully saturated rings. The lowest BCUT2D eigenvalue weighted by atomic mass is 10.0. The predicted octanol–water partition coefficient (Wildman–Crippen LogP) is -0.317. The topological polar surface area (TPSA) is 76.3 Å². The van der Waals surface area contributed by atoms with Crippen molar-refractivity contribution in [2.24, 2.45) is 0 Å². The molecule has 1 atom stereocenters. The molecule has 1 aliphatic rings. The molecule has 3 rings (SSSR count). The van der Waals surface area contributed by atoms with Crippen molar-refractivity contribution in [2.45, 2.75) is 25.9 Å². The van der Waals surface area contributed by atoms with Crippen molar-refractivity contribution in [1.29, 1.82) is 0 Å². The Labute approximate surface area is 184 Å². The number of carbonyl (C=O) groups is 2. The fourth-order valence-corrected chi connectivity index (χ4v) is 4.12. The number of anilines is 1. The summed E-state index contributed by atoms with van der Waals surface area (Å²) in [6, 6.07) is 17.2. The molecule has 2 aromatic carbocycles. The van der Waals surface area contributed by atoms with Crippen LogP contribution in [0.5, 0.6) is 5.75 Å². The Bertz CT molecular complexity index is 864. The number of carbonyl (C=O) groups excluding carboxylic acids is 2. The molecule has 0 bridgehead atoms. The molecule has 0 saturated carbocycles. The average molecular weight is 427 g/mol. The van der Waals surface area contributed by atoms with Gasteiger partial charge < -0.3 is 25.2 Å². The monoisotopic (exact) mass is 426 g/mol. The van der Waals surface area contributed by atoms with Crippen LogP contribution < -0.4 is 25.2 Å². The SMILES string of the molecule is COc1cccc(NC(=O)[C@@H](c2ccccc2)[NH+]2CC[NH+](CC(=O)NC(C)C)CC2)c1. The van der Waals surface area contributed by atoms with E-state index in [0.29, 0.717) is 12.3 Å². The summed E-state index contributed by atoms with van der Waals surface area (Å²) in [7, 11) is 1.61. The molecule has 1 aliphatic heterocycles. The fraction of sp³-hybridized carbons (Fsp3) is 0.417. The first-order valence-corrected chi connectivity index (χ1v) is 10.9. The first-order valence-electron chi connectivity index (χ1n) is 10.9. The van der Waals surface area contributed by atoms with E-state index in [9.17, 15) is 9.59 Å². The highest BCUT2D eigenvalue weighted by Gasteiger charge is 2.36. The van der Waals surface area contributed by atoms with Crippen LogP contribution in [0.4, 0.5) is 5.69 Å². The van der Waals surface area contributed by atoms with Gasteiger partial charge in [-0.1, -0.05) is 36.4 Å². The van der Waals surface area contributed by atoms with Gasteiger partial charge in [0.1, 0.15) is 31.9 Å². The zero-order valence-electron chi connectivity index (χ0n) is 18.6. The van der Waals surface area contributed by atoms with Crippen molar-refractivity contribution in [2.75, 3.05) is 45.2 Å². The summed E-state index contributed by atoms with van der Waals surface area (Å²) in [5, 5.41) is 6.03. The van der Waals surface area contributed by atoms with Crippen LogP contribution in [0.15, 0.2) is 54.6 Å². The largest absolute Gasteiger partial charge is 0.497 e. The third kappa shape index (κ3) is 6.54. The van der Waals surface area contributed by atoms with Gasteiger partial charge in [-0.15, -0.1) is 0 Å². The summed E-state index contributed by atoms with van der Waals surface area (Å²) >= 11 is 0. The Balaban J connectivity index is 1.69. The van der Waals surface area contributed by atoms with Crippen molar-refractivity contribution in [1.82, 2.24) is 5.32 Å². The summed E-state index contributed by atoms with van der Waals surface area (Å²) in [4.78, 5) is 27.9. The van der Waals surface area contributed by atoms with Crippen LogP contribution in [0, 0.1) is 0 Å². The molecule has 0 unspecified atom stereocenters. The van der Waals surface area contributed by atoms with E-state index in [4.69, 9.17) is 4.74 Å². The van der Waals surface area contributed by atoms with Crippen LogP contribution in [0.3, 0.4) is 0 Å². The number of hydrogen-bond donors (Lipinski definition) is 4. The van der Waals surface area contributed by atoms with Gasteiger partial charge in [0.15, 0.2) is 12.6 Å². The number of hydrogen-bond acceptors (Lipinski definition) is 3. The van der Waals surface area contributed by atoms with Crippen molar-refractivity contribution < 1.29 is 24.1 Å². The molecule has 166 valence electrons. The Morgan fingerprint density at radius 3 is 2.35 bits per heavy atom. The fourth-order valence-electron chi connectivity index (χ4n) is 4.12. The van der Waals surface area contributed by atoms with Crippen molar-refractivity contribution in [3.8, 4) is 5.75 Å². The molecule has 7 heteroatoms. The van der Waals surface area contributed by atoms with E-state index in [1.54, 1.807) is 7.11 Å². The number of nitrogens with one attached hydrogen (secondary N) is 4. The van der Waals surface area contributed by atoms with Crippen LogP contribution in [0.1, 0.15) is 25.5 Å². The molecule has 4 N–H and O–H groups in total. The maximum atomic E-state index is 13.3. The summed E-state index contributed by atoms with van der Waals surface area (Å²) < 4.78 is 5.27.